The number of rotatable bonds is 6. The summed E-state index contributed by atoms with van der Waals surface area (Å²) in [6.45, 7) is 0. The van der Waals surface area contributed by atoms with E-state index in [-0.39, 0.29) is 23.9 Å². The number of hydrogen-bond donors (Lipinski definition) is 0. The van der Waals surface area contributed by atoms with Gasteiger partial charge in [-0.3, -0.25) is 0 Å². The molecule has 0 fully saturated rings. The summed E-state index contributed by atoms with van der Waals surface area (Å²) in [6, 6.07) is 57.9. The van der Waals surface area contributed by atoms with Crippen LogP contribution in [0, 0.1) is 0 Å². The van der Waals surface area contributed by atoms with Crippen LogP contribution < -0.4 is 9.80 Å². The van der Waals surface area contributed by atoms with Crippen LogP contribution in [0.3, 0.4) is 0 Å². The molecule has 266 valence electrons. The second-order valence-corrected chi connectivity index (χ2v) is 14.8. The highest BCUT2D eigenvalue weighted by Crippen LogP contribution is 2.51. The lowest BCUT2D eigenvalue weighted by molar-refractivity contribution is 0.730. The van der Waals surface area contributed by atoms with Crippen LogP contribution in [0.2, 0.25) is 0 Å². The fourth-order valence-electron chi connectivity index (χ4n) is 8.98. The van der Waals surface area contributed by atoms with Crippen molar-refractivity contribution in [3.63, 3.8) is 0 Å². The van der Waals surface area contributed by atoms with Crippen LogP contribution in [0.25, 0.3) is 34.2 Å². The third kappa shape index (κ3) is 5.43. The van der Waals surface area contributed by atoms with Gasteiger partial charge in [-0.1, -0.05) is 152 Å². The van der Waals surface area contributed by atoms with E-state index in [1.807, 2.05) is 60.7 Å². The minimum atomic E-state index is 0.162. The molecule has 0 saturated heterocycles. The highest BCUT2D eigenvalue weighted by Gasteiger charge is 2.40. The average molecular weight is 720 g/mol. The molecule has 4 aliphatic rings. The van der Waals surface area contributed by atoms with Crippen LogP contribution in [0.4, 0.5) is 22.7 Å². The Balaban J connectivity index is 0.912. The number of fused-ring (bicyclic) bond motifs is 6. The highest BCUT2D eigenvalue weighted by atomic mass is 15.2. The maximum Gasteiger partial charge on any atom is 0.164 e. The van der Waals surface area contributed by atoms with E-state index in [1.165, 1.54) is 39.3 Å². The molecular weight excluding hydrogens is 683 g/mol. The normalized spacial score (nSPS) is 20.1. The van der Waals surface area contributed by atoms with E-state index >= 15 is 0 Å². The minimum Gasteiger partial charge on any atom is -0.333 e. The van der Waals surface area contributed by atoms with Crippen LogP contribution in [0.15, 0.2) is 211 Å². The van der Waals surface area contributed by atoms with Crippen LogP contribution in [0.1, 0.15) is 23.0 Å². The second-order valence-electron chi connectivity index (χ2n) is 14.8. The van der Waals surface area contributed by atoms with Crippen molar-refractivity contribution < 1.29 is 0 Å². The molecule has 4 unspecified atom stereocenters. The standard InChI is InChI=1S/C51H37N5/c1-4-14-34(15-5-1)49-52-50(35-16-6-2-7-17-35)54-51(53-49)36-24-28-40(29-25-36)56-46-23-13-11-21-42(46)44-33-38(27-31-48(44)56)37-26-30-47-43(32-37)41-20-10-12-22-45(41)55(47)39-18-8-3-9-19-39/h1-33,43-44,47-48H. The molecule has 2 aliphatic heterocycles. The Labute approximate surface area is 327 Å². The summed E-state index contributed by atoms with van der Waals surface area (Å²) in [6.07, 6.45) is 14.5. The molecule has 56 heavy (non-hydrogen) atoms. The molecule has 0 amide bonds. The summed E-state index contributed by atoms with van der Waals surface area (Å²) in [5.74, 6) is 2.48. The molecule has 5 nitrogen and oxygen atoms in total. The van der Waals surface area contributed by atoms with Gasteiger partial charge in [0.25, 0.3) is 0 Å². The van der Waals surface area contributed by atoms with Gasteiger partial charge in [-0.25, -0.2) is 15.0 Å². The first-order valence-electron chi connectivity index (χ1n) is 19.4. The van der Waals surface area contributed by atoms with Gasteiger partial charge in [0.15, 0.2) is 17.5 Å². The van der Waals surface area contributed by atoms with Crippen molar-refractivity contribution in [1.82, 2.24) is 15.0 Å². The number of para-hydroxylation sites is 3. The van der Waals surface area contributed by atoms with Gasteiger partial charge in [0, 0.05) is 51.3 Å². The molecule has 3 heterocycles. The monoisotopic (exact) mass is 719 g/mol. The van der Waals surface area contributed by atoms with E-state index in [0.29, 0.717) is 17.5 Å². The third-order valence-electron chi connectivity index (χ3n) is 11.6. The van der Waals surface area contributed by atoms with Gasteiger partial charge < -0.3 is 9.80 Å². The fourth-order valence-corrected chi connectivity index (χ4v) is 8.98. The van der Waals surface area contributed by atoms with Gasteiger partial charge in [-0.2, -0.15) is 0 Å². The summed E-state index contributed by atoms with van der Waals surface area (Å²) in [4.78, 5) is 19.8. The predicted octanol–water partition coefficient (Wildman–Crippen LogP) is 11.8. The Morgan fingerprint density at radius 1 is 0.357 bits per heavy atom. The minimum absolute atomic E-state index is 0.162. The molecule has 7 aromatic rings. The van der Waals surface area contributed by atoms with Gasteiger partial charge in [-0.05, 0) is 70.8 Å². The summed E-state index contributed by atoms with van der Waals surface area (Å²) < 4.78 is 0. The quantitative estimate of drug-likeness (QED) is 0.171. The first-order valence-corrected chi connectivity index (χ1v) is 19.4. The molecule has 6 aromatic carbocycles. The van der Waals surface area contributed by atoms with Gasteiger partial charge in [0.05, 0.1) is 12.1 Å². The van der Waals surface area contributed by atoms with E-state index in [2.05, 4.69) is 149 Å². The van der Waals surface area contributed by atoms with E-state index in [9.17, 15) is 0 Å². The predicted molar refractivity (Wildman–Crippen MR) is 227 cm³/mol. The van der Waals surface area contributed by atoms with Crippen LogP contribution >= 0.6 is 0 Å². The van der Waals surface area contributed by atoms with Crippen molar-refractivity contribution >= 4 is 22.7 Å². The molecule has 0 bridgehead atoms. The Bertz CT molecular complexity index is 2660. The molecule has 0 saturated carbocycles. The van der Waals surface area contributed by atoms with Crippen LogP contribution in [-0.4, -0.2) is 27.0 Å². The Morgan fingerprint density at radius 3 is 1.20 bits per heavy atom. The maximum absolute atomic E-state index is 4.96. The molecule has 4 atom stereocenters. The second kappa shape index (κ2) is 13.3. The number of anilines is 4. The molecule has 2 aliphatic carbocycles. The molecular formula is C51H37N5. The number of hydrogen-bond acceptors (Lipinski definition) is 5. The summed E-state index contributed by atoms with van der Waals surface area (Å²) >= 11 is 0. The molecule has 0 radical (unpaired) electrons. The van der Waals surface area contributed by atoms with Crippen molar-refractivity contribution in [1.29, 1.82) is 0 Å². The highest BCUT2D eigenvalue weighted by molar-refractivity contribution is 5.79. The SMILES string of the molecule is C1=CC2C(C=C1C1=CC3c4ccccc4N(c4ccc(-c5nc(-c6ccccc6)nc(-c6ccccc6)n5)cc4)C3C=C1)c1ccccc1N2c1ccccc1. The topological polar surface area (TPSA) is 45.2 Å². The number of allylic oxidation sites excluding steroid dienone is 4. The van der Waals surface area contributed by atoms with Crippen molar-refractivity contribution in [3.8, 4) is 34.2 Å². The molecule has 1 aromatic heterocycles. The van der Waals surface area contributed by atoms with Gasteiger partial charge >= 0.3 is 0 Å². The van der Waals surface area contributed by atoms with E-state index in [1.54, 1.807) is 0 Å². The average Bonchev–Trinajstić information content (AvgIpc) is 3.79. The van der Waals surface area contributed by atoms with Gasteiger partial charge in [0.1, 0.15) is 0 Å². The van der Waals surface area contributed by atoms with Crippen molar-refractivity contribution in [2.75, 3.05) is 9.80 Å². The summed E-state index contributed by atoms with van der Waals surface area (Å²) in [7, 11) is 0. The van der Waals surface area contributed by atoms with Crippen molar-refractivity contribution in [3.05, 3.63) is 223 Å². The lowest BCUT2D eigenvalue weighted by Gasteiger charge is -2.31. The Kier molecular flexibility index (Phi) is 7.69. The maximum atomic E-state index is 4.96. The van der Waals surface area contributed by atoms with Gasteiger partial charge in [-0.15, -0.1) is 0 Å². The fraction of sp³-hybridized carbons (Fsp3) is 0.0784. The first kappa shape index (κ1) is 32.3. The van der Waals surface area contributed by atoms with Crippen molar-refractivity contribution in [2.45, 2.75) is 23.9 Å². The summed E-state index contributed by atoms with van der Waals surface area (Å²) in [5, 5.41) is 0. The van der Waals surface area contributed by atoms with E-state index < -0.39 is 0 Å². The molecule has 11 rings (SSSR count). The van der Waals surface area contributed by atoms with Crippen molar-refractivity contribution in [2.24, 2.45) is 0 Å². The van der Waals surface area contributed by atoms with Crippen LogP contribution in [-0.2, 0) is 0 Å². The number of benzene rings is 6. The summed E-state index contributed by atoms with van der Waals surface area (Å²) in [5.41, 5.74) is 13.1. The zero-order chi connectivity index (χ0) is 37.0. The van der Waals surface area contributed by atoms with Gasteiger partial charge in [0.2, 0.25) is 0 Å². The lowest BCUT2D eigenvalue weighted by atomic mass is 9.82. The first-order chi connectivity index (χ1) is 27.8. The van der Waals surface area contributed by atoms with E-state index in [4.69, 9.17) is 15.0 Å². The molecule has 5 heteroatoms. The Hall–Kier alpha value is -7.11. The zero-order valence-corrected chi connectivity index (χ0v) is 30.6. The number of nitrogens with zero attached hydrogens (tertiary/aromatic N) is 5. The van der Waals surface area contributed by atoms with E-state index in [0.717, 1.165) is 22.4 Å². The molecule has 0 N–H and O–H groups in total. The largest absolute Gasteiger partial charge is 0.333 e. The zero-order valence-electron chi connectivity index (χ0n) is 30.6. The third-order valence-corrected chi connectivity index (χ3v) is 11.6. The number of aromatic nitrogens is 3. The van der Waals surface area contributed by atoms with Crippen LogP contribution in [0.5, 0.6) is 0 Å². The lowest BCUT2D eigenvalue weighted by Crippen LogP contribution is -2.30. The molecule has 0 spiro atoms. The smallest absolute Gasteiger partial charge is 0.164 e. The Morgan fingerprint density at radius 2 is 0.732 bits per heavy atom.